The van der Waals surface area contributed by atoms with E-state index >= 15 is 0 Å². The summed E-state index contributed by atoms with van der Waals surface area (Å²) in [6, 6.07) is 14.6. The van der Waals surface area contributed by atoms with Gasteiger partial charge in [0.1, 0.15) is 5.82 Å². The molecule has 1 amide bonds. The molecular formula is C21H25FN2O3S. The zero-order valence-electron chi connectivity index (χ0n) is 15.9. The predicted octanol–water partition coefficient (Wildman–Crippen LogP) is 3.28. The summed E-state index contributed by atoms with van der Waals surface area (Å²) in [5, 5.41) is 0. The van der Waals surface area contributed by atoms with Crippen LogP contribution in [0.1, 0.15) is 25.3 Å². The quantitative estimate of drug-likeness (QED) is 0.743. The molecule has 0 saturated carbocycles. The van der Waals surface area contributed by atoms with Crippen molar-refractivity contribution in [2.24, 2.45) is 5.92 Å². The molecule has 0 aromatic heterocycles. The zero-order chi connectivity index (χ0) is 20.1. The van der Waals surface area contributed by atoms with Crippen molar-refractivity contribution >= 4 is 15.9 Å². The molecule has 0 N–H and O–H groups in total. The van der Waals surface area contributed by atoms with Crippen LogP contribution in [0.4, 0.5) is 4.39 Å². The molecule has 28 heavy (non-hydrogen) atoms. The number of rotatable bonds is 6. The number of hydrogen-bond donors (Lipinski definition) is 0. The van der Waals surface area contributed by atoms with Gasteiger partial charge in [-0.05, 0) is 49.6 Å². The molecule has 0 aliphatic carbocycles. The summed E-state index contributed by atoms with van der Waals surface area (Å²) >= 11 is 0. The molecule has 2 aromatic rings. The summed E-state index contributed by atoms with van der Waals surface area (Å²) in [5.41, 5.74) is 1.05. The predicted molar refractivity (Wildman–Crippen MR) is 105 cm³/mol. The molecule has 1 aliphatic rings. The monoisotopic (exact) mass is 404 g/mol. The van der Waals surface area contributed by atoms with Gasteiger partial charge in [-0.2, -0.15) is 4.31 Å². The molecule has 0 radical (unpaired) electrons. The molecule has 5 nitrogen and oxygen atoms in total. The maximum absolute atomic E-state index is 13.1. The molecule has 1 fully saturated rings. The first-order valence-electron chi connectivity index (χ1n) is 9.50. The van der Waals surface area contributed by atoms with Crippen LogP contribution in [-0.4, -0.2) is 43.2 Å². The third kappa shape index (κ3) is 4.59. The standard InChI is InChI=1S/C21H25FN2O3S/c1-2-23(15-17-7-4-3-5-8-17)21(25)18-9-6-14-24(16-18)28(26,27)20-12-10-19(22)11-13-20/h3-5,7-8,10-13,18H,2,6,9,14-16H2,1H3. The van der Waals surface area contributed by atoms with Crippen LogP contribution in [0.5, 0.6) is 0 Å². The van der Waals surface area contributed by atoms with E-state index < -0.39 is 15.8 Å². The average Bonchev–Trinajstić information content (AvgIpc) is 2.72. The van der Waals surface area contributed by atoms with Crippen LogP contribution in [0.25, 0.3) is 0 Å². The minimum atomic E-state index is -3.74. The molecule has 3 rings (SSSR count). The summed E-state index contributed by atoms with van der Waals surface area (Å²) in [6.45, 7) is 3.53. The van der Waals surface area contributed by atoms with Crippen LogP contribution in [0, 0.1) is 11.7 Å². The molecule has 0 bridgehead atoms. The van der Waals surface area contributed by atoms with Crippen LogP contribution in [0.2, 0.25) is 0 Å². The number of nitrogens with zero attached hydrogens (tertiary/aromatic N) is 2. The Morgan fingerprint density at radius 1 is 1.14 bits per heavy atom. The van der Waals surface area contributed by atoms with E-state index in [0.717, 1.165) is 17.7 Å². The molecule has 1 heterocycles. The van der Waals surface area contributed by atoms with Crippen molar-refractivity contribution < 1.29 is 17.6 Å². The van der Waals surface area contributed by atoms with Crippen molar-refractivity contribution in [2.75, 3.05) is 19.6 Å². The second kappa shape index (κ2) is 8.84. The maximum Gasteiger partial charge on any atom is 0.243 e. The molecule has 2 aromatic carbocycles. The smallest absolute Gasteiger partial charge is 0.243 e. The summed E-state index contributed by atoms with van der Waals surface area (Å²) < 4.78 is 40.2. The highest BCUT2D eigenvalue weighted by Crippen LogP contribution is 2.25. The van der Waals surface area contributed by atoms with Gasteiger partial charge in [0.15, 0.2) is 0 Å². The van der Waals surface area contributed by atoms with Crippen LogP contribution < -0.4 is 0 Å². The third-order valence-corrected chi connectivity index (χ3v) is 6.97. The van der Waals surface area contributed by atoms with E-state index in [9.17, 15) is 17.6 Å². The topological polar surface area (TPSA) is 57.7 Å². The van der Waals surface area contributed by atoms with Crippen LogP contribution in [-0.2, 0) is 21.4 Å². The molecule has 1 aliphatic heterocycles. The van der Waals surface area contributed by atoms with Crippen molar-refractivity contribution in [2.45, 2.75) is 31.2 Å². The second-order valence-corrected chi connectivity index (χ2v) is 8.93. The number of piperidine rings is 1. The normalized spacial score (nSPS) is 18.0. The number of halogens is 1. The Morgan fingerprint density at radius 2 is 1.82 bits per heavy atom. The fourth-order valence-corrected chi connectivity index (χ4v) is 5.05. The van der Waals surface area contributed by atoms with Crippen LogP contribution in [0.15, 0.2) is 59.5 Å². The first-order chi connectivity index (χ1) is 13.4. The van der Waals surface area contributed by atoms with Gasteiger partial charge < -0.3 is 4.90 Å². The van der Waals surface area contributed by atoms with E-state index in [1.807, 2.05) is 37.3 Å². The molecule has 150 valence electrons. The Hall–Kier alpha value is -2.25. The summed E-state index contributed by atoms with van der Waals surface area (Å²) in [6.07, 6.45) is 1.29. The van der Waals surface area contributed by atoms with Gasteiger partial charge in [0, 0.05) is 26.2 Å². The first kappa shape index (κ1) is 20.5. The van der Waals surface area contributed by atoms with Gasteiger partial charge >= 0.3 is 0 Å². The number of amides is 1. The molecule has 0 spiro atoms. The fraction of sp³-hybridized carbons (Fsp3) is 0.381. The molecule has 1 atom stereocenters. The minimum absolute atomic E-state index is 0.0228. The molecule has 1 saturated heterocycles. The zero-order valence-corrected chi connectivity index (χ0v) is 16.7. The Morgan fingerprint density at radius 3 is 2.46 bits per heavy atom. The van der Waals surface area contributed by atoms with Crippen molar-refractivity contribution in [1.29, 1.82) is 0 Å². The molecule has 1 unspecified atom stereocenters. The SMILES string of the molecule is CCN(Cc1ccccc1)C(=O)C1CCCN(S(=O)(=O)c2ccc(F)cc2)C1. The van der Waals surface area contributed by atoms with Crippen LogP contribution >= 0.6 is 0 Å². The van der Waals surface area contributed by atoms with Gasteiger partial charge in [0.25, 0.3) is 0 Å². The van der Waals surface area contributed by atoms with Crippen molar-refractivity contribution in [3.05, 3.63) is 66.0 Å². The van der Waals surface area contributed by atoms with E-state index in [0.29, 0.717) is 32.5 Å². The summed E-state index contributed by atoms with van der Waals surface area (Å²) in [7, 11) is -3.74. The first-order valence-corrected chi connectivity index (χ1v) is 10.9. The third-order valence-electron chi connectivity index (χ3n) is 5.09. The largest absolute Gasteiger partial charge is 0.338 e. The van der Waals surface area contributed by atoms with E-state index in [1.165, 1.54) is 16.4 Å². The lowest BCUT2D eigenvalue weighted by atomic mass is 9.98. The lowest BCUT2D eigenvalue weighted by Crippen LogP contribution is -2.46. The highest BCUT2D eigenvalue weighted by Gasteiger charge is 2.34. The molecular weight excluding hydrogens is 379 g/mol. The summed E-state index contributed by atoms with van der Waals surface area (Å²) in [5.74, 6) is -0.872. The van der Waals surface area contributed by atoms with E-state index in [1.54, 1.807) is 4.90 Å². The van der Waals surface area contributed by atoms with E-state index in [4.69, 9.17) is 0 Å². The van der Waals surface area contributed by atoms with Gasteiger partial charge in [-0.15, -0.1) is 0 Å². The number of hydrogen-bond acceptors (Lipinski definition) is 3. The van der Waals surface area contributed by atoms with Gasteiger partial charge in [-0.1, -0.05) is 30.3 Å². The lowest BCUT2D eigenvalue weighted by Gasteiger charge is -2.34. The lowest BCUT2D eigenvalue weighted by molar-refractivity contribution is -0.137. The van der Waals surface area contributed by atoms with Gasteiger partial charge in [0.05, 0.1) is 10.8 Å². The van der Waals surface area contributed by atoms with Crippen LogP contribution in [0.3, 0.4) is 0 Å². The van der Waals surface area contributed by atoms with Gasteiger partial charge in [-0.25, -0.2) is 12.8 Å². The van der Waals surface area contributed by atoms with Gasteiger partial charge in [0.2, 0.25) is 15.9 Å². The van der Waals surface area contributed by atoms with E-state index in [-0.39, 0.29) is 23.3 Å². The Balaban J connectivity index is 1.72. The second-order valence-electron chi connectivity index (χ2n) is 6.99. The average molecular weight is 405 g/mol. The number of benzene rings is 2. The van der Waals surface area contributed by atoms with Crippen molar-refractivity contribution in [3.63, 3.8) is 0 Å². The minimum Gasteiger partial charge on any atom is -0.338 e. The summed E-state index contributed by atoms with van der Waals surface area (Å²) in [4.78, 5) is 14.9. The molecule has 7 heteroatoms. The van der Waals surface area contributed by atoms with Crippen molar-refractivity contribution in [3.8, 4) is 0 Å². The Kier molecular flexibility index (Phi) is 6.46. The van der Waals surface area contributed by atoms with Gasteiger partial charge in [-0.3, -0.25) is 4.79 Å². The number of carbonyl (C=O) groups excluding carboxylic acids is 1. The Labute approximate surface area is 165 Å². The fourth-order valence-electron chi connectivity index (χ4n) is 3.53. The highest BCUT2D eigenvalue weighted by molar-refractivity contribution is 7.89. The maximum atomic E-state index is 13.1. The van der Waals surface area contributed by atoms with Crippen molar-refractivity contribution in [1.82, 2.24) is 9.21 Å². The number of sulfonamides is 1. The van der Waals surface area contributed by atoms with E-state index in [2.05, 4.69) is 0 Å². The number of carbonyl (C=O) groups is 1. The Bertz CT molecular complexity index is 901. The highest BCUT2D eigenvalue weighted by atomic mass is 32.2.